The molecule has 0 saturated carbocycles. The average Bonchev–Trinajstić information content (AvgIpc) is 2.04. The van der Waals surface area contributed by atoms with Crippen molar-refractivity contribution in [3.8, 4) is 0 Å². The largest absolute Gasteiger partial charge is 0.319 e. The minimum Gasteiger partial charge on any atom is -0.319 e. The summed E-state index contributed by atoms with van der Waals surface area (Å²) in [6, 6.07) is 6.17. The smallest absolute Gasteiger partial charge is 0.0441 e. The molecule has 0 aliphatic heterocycles. The van der Waals surface area contributed by atoms with Gasteiger partial charge in [-0.25, -0.2) is 0 Å². The molecule has 1 nitrogen and oxygen atoms in total. The number of halogens is 1. The Morgan fingerprint density at radius 3 is 3.17 bits per heavy atom. The van der Waals surface area contributed by atoms with E-state index in [0.29, 0.717) is 5.92 Å². The lowest BCUT2D eigenvalue weighted by atomic mass is 9.77. The van der Waals surface area contributed by atoms with E-state index in [9.17, 15) is 0 Å². The summed E-state index contributed by atoms with van der Waals surface area (Å²) >= 11 is 6.01. The van der Waals surface area contributed by atoms with E-state index in [1.165, 1.54) is 11.1 Å². The summed E-state index contributed by atoms with van der Waals surface area (Å²) in [5, 5.41) is 4.12. The number of hydrogen-bond acceptors (Lipinski definition) is 1. The molecule has 0 bridgehead atoms. The topological polar surface area (TPSA) is 12.0 Å². The zero-order valence-electron chi connectivity index (χ0n) is 7.10. The zero-order chi connectivity index (χ0) is 8.55. The second kappa shape index (κ2) is 3.08. The monoisotopic (exact) mass is 181 g/mol. The van der Waals surface area contributed by atoms with Crippen molar-refractivity contribution in [3.63, 3.8) is 0 Å². The van der Waals surface area contributed by atoms with E-state index in [1.807, 2.05) is 19.2 Å². The first-order valence-electron chi connectivity index (χ1n) is 4.25. The first-order valence-corrected chi connectivity index (χ1v) is 4.62. The van der Waals surface area contributed by atoms with E-state index in [-0.39, 0.29) is 0 Å². The molecule has 12 heavy (non-hydrogen) atoms. The summed E-state index contributed by atoms with van der Waals surface area (Å²) in [6.45, 7) is 1.06. The van der Waals surface area contributed by atoms with Crippen LogP contribution in [0.2, 0.25) is 5.02 Å². The number of fused-ring (bicyclic) bond motifs is 1. The summed E-state index contributed by atoms with van der Waals surface area (Å²) in [7, 11) is 1.99. The molecule has 0 radical (unpaired) electrons. The van der Waals surface area contributed by atoms with E-state index >= 15 is 0 Å². The van der Waals surface area contributed by atoms with Crippen LogP contribution in [0.1, 0.15) is 17.0 Å². The molecule has 0 heterocycles. The van der Waals surface area contributed by atoms with Crippen molar-refractivity contribution in [2.45, 2.75) is 12.3 Å². The molecule has 0 fully saturated rings. The molecule has 2 heteroatoms. The fourth-order valence-electron chi connectivity index (χ4n) is 1.83. The number of rotatable bonds is 2. The van der Waals surface area contributed by atoms with Crippen LogP contribution in [0.3, 0.4) is 0 Å². The van der Waals surface area contributed by atoms with Gasteiger partial charge < -0.3 is 5.32 Å². The Bertz CT molecular complexity index is 296. The molecule has 1 aromatic rings. The lowest BCUT2D eigenvalue weighted by Crippen LogP contribution is -2.27. The van der Waals surface area contributed by atoms with E-state index in [1.54, 1.807) is 0 Å². The molecule has 1 atom stereocenters. The van der Waals surface area contributed by atoms with Crippen LogP contribution in [0.25, 0.3) is 0 Å². The van der Waals surface area contributed by atoms with Crippen LogP contribution in [0, 0.1) is 0 Å². The molecule has 1 unspecified atom stereocenters. The molecular formula is C10H12ClN. The second-order valence-corrected chi connectivity index (χ2v) is 3.67. The normalized spacial score (nSPS) is 20.0. The minimum atomic E-state index is 0.684. The number of benzene rings is 1. The minimum absolute atomic E-state index is 0.684. The summed E-state index contributed by atoms with van der Waals surface area (Å²) in [4.78, 5) is 0. The van der Waals surface area contributed by atoms with Crippen LogP contribution >= 0.6 is 11.6 Å². The summed E-state index contributed by atoms with van der Waals surface area (Å²) < 4.78 is 0. The van der Waals surface area contributed by atoms with Gasteiger partial charge in [0.25, 0.3) is 0 Å². The number of likely N-dealkylation sites (N-methyl/N-ethyl adjacent to an activating group) is 1. The quantitative estimate of drug-likeness (QED) is 0.738. The predicted molar refractivity (Wildman–Crippen MR) is 51.8 cm³/mol. The molecular weight excluding hydrogens is 170 g/mol. The van der Waals surface area contributed by atoms with Crippen LogP contribution < -0.4 is 5.32 Å². The highest BCUT2D eigenvalue weighted by atomic mass is 35.5. The van der Waals surface area contributed by atoms with Crippen LogP contribution in [-0.4, -0.2) is 13.6 Å². The van der Waals surface area contributed by atoms with Crippen LogP contribution in [0.15, 0.2) is 18.2 Å². The van der Waals surface area contributed by atoms with Crippen LogP contribution in [0.5, 0.6) is 0 Å². The Kier molecular flexibility index (Phi) is 2.07. The lowest BCUT2D eigenvalue weighted by Gasteiger charge is -2.30. The van der Waals surface area contributed by atoms with Gasteiger partial charge in [-0.15, -0.1) is 0 Å². The van der Waals surface area contributed by atoms with Gasteiger partial charge in [-0.05, 0) is 30.7 Å². The third kappa shape index (κ3) is 1.13. The molecule has 64 valence electrons. The Labute approximate surface area is 77.7 Å². The fraction of sp³-hybridized carbons (Fsp3) is 0.400. The molecule has 0 aromatic heterocycles. The Morgan fingerprint density at radius 1 is 1.58 bits per heavy atom. The van der Waals surface area contributed by atoms with Gasteiger partial charge in [0.1, 0.15) is 0 Å². The fourth-order valence-corrected chi connectivity index (χ4v) is 2.09. The standard InChI is InChI=1S/C10H12ClN/c1-12-6-7-5-9-8(7)3-2-4-10(9)11/h2-4,7,12H,5-6H2,1H3. The van der Waals surface area contributed by atoms with Crippen molar-refractivity contribution in [2.75, 3.05) is 13.6 Å². The summed E-state index contributed by atoms with van der Waals surface area (Å²) in [5.41, 5.74) is 2.77. The molecule has 0 amide bonds. The number of hydrogen-bond donors (Lipinski definition) is 1. The van der Waals surface area contributed by atoms with Gasteiger partial charge in [0, 0.05) is 17.5 Å². The van der Waals surface area contributed by atoms with Crippen LogP contribution in [-0.2, 0) is 6.42 Å². The Hall–Kier alpha value is -0.530. The molecule has 1 aromatic carbocycles. The highest BCUT2D eigenvalue weighted by molar-refractivity contribution is 6.31. The maximum absolute atomic E-state index is 6.01. The highest BCUT2D eigenvalue weighted by Crippen LogP contribution is 2.38. The van der Waals surface area contributed by atoms with Crippen molar-refractivity contribution >= 4 is 11.6 Å². The van der Waals surface area contributed by atoms with E-state index in [0.717, 1.165) is 18.0 Å². The summed E-state index contributed by atoms with van der Waals surface area (Å²) in [6.07, 6.45) is 1.13. The van der Waals surface area contributed by atoms with Gasteiger partial charge in [0.2, 0.25) is 0 Å². The van der Waals surface area contributed by atoms with Crippen molar-refractivity contribution < 1.29 is 0 Å². The Morgan fingerprint density at radius 2 is 2.42 bits per heavy atom. The van der Waals surface area contributed by atoms with Gasteiger partial charge in [-0.3, -0.25) is 0 Å². The van der Waals surface area contributed by atoms with Gasteiger partial charge in [-0.2, -0.15) is 0 Å². The van der Waals surface area contributed by atoms with Crippen molar-refractivity contribution in [1.82, 2.24) is 5.32 Å². The van der Waals surface area contributed by atoms with E-state index in [2.05, 4.69) is 11.4 Å². The first kappa shape index (κ1) is 8.09. The first-order chi connectivity index (χ1) is 5.83. The van der Waals surface area contributed by atoms with Crippen LogP contribution in [0.4, 0.5) is 0 Å². The molecule has 0 spiro atoms. The van der Waals surface area contributed by atoms with Crippen molar-refractivity contribution in [1.29, 1.82) is 0 Å². The molecule has 1 aliphatic carbocycles. The van der Waals surface area contributed by atoms with Gasteiger partial charge in [0.05, 0.1) is 0 Å². The predicted octanol–water partition coefficient (Wildman–Crippen LogP) is 2.20. The lowest BCUT2D eigenvalue weighted by molar-refractivity contribution is 0.568. The maximum Gasteiger partial charge on any atom is 0.0441 e. The van der Waals surface area contributed by atoms with Crippen molar-refractivity contribution in [3.05, 3.63) is 34.3 Å². The third-order valence-corrected chi connectivity index (χ3v) is 2.85. The molecule has 1 aliphatic rings. The second-order valence-electron chi connectivity index (χ2n) is 3.27. The van der Waals surface area contributed by atoms with E-state index in [4.69, 9.17) is 11.6 Å². The molecule has 1 N–H and O–H groups in total. The third-order valence-electron chi connectivity index (χ3n) is 2.50. The zero-order valence-corrected chi connectivity index (χ0v) is 7.86. The maximum atomic E-state index is 6.01. The number of nitrogens with one attached hydrogen (secondary N) is 1. The molecule has 0 saturated heterocycles. The van der Waals surface area contributed by atoms with Gasteiger partial charge in [0.15, 0.2) is 0 Å². The van der Waals surface area contributed by atoms with Gasteiger partial charge in [-0.1, -0.05) is 23.7 Å². The van der Waals surface area contributed by atoms with E-state index < -0.39 is 0 Å². The Balaban J connectivity index is 2.24. The highest BCUT2D eigenvalue weighted by Gasteiger charge is 2.26. The van der Waals surface area contributed by atoms with Crippen molar-refractivity contribution in [2.24, 2.45) is 0 Å². The average molecular weight is 182 g/mol. The molecule has 2 rings (SSSR count). The summed E-state index contributed by atoms with van der Waals surface area (Å²) in [5.74, 6) is 0.684. The van der Waals surface area contributed by atoms with Gasteiger partial charge >= 0.3 is 0 Å². The SMILES string of the molecule is CNCC1Cc2c(Cl)cccc21.